The maximum Gasteiger partial charge on any atom is 0.407 e. The number of nitrogens with zero attached hydrogens (tertiary/aromatic N) is 3. The molecule has 0 aromatic heterocycles. The monoisotopic (exact) mass is 570 g/mol. The Labute approximate surface area is 246 Å². The van der Waals surface area contributed by atoms with Crippen molar-refractivity contribution in [2.24, 2.45) is 21.3 Å². The van der Waals surface area contributed by atoms with Crippen molar-refractivity contribution in [2.75, 3.05) is 13.2 Å². The summed E-state index contributed by atoms with van der Waals surface area (Å²) in [4.78, 5) is 50.5. The zero-order valence-corrected chi connectivity index (χ0v) is 24.3. The molecular formula is C33H38N4O5. The summed E-state index contributed by atoms with van der Waals surface area (Å²) in [6.07, 6.45) is 5.49. The van der Waals surface area contributed by atoms with Crippen LogP contribution in [0.3, 0.4) is 0 Å². The third-order valence-electron chi connectivity index (χ3n) is 7.96. The predicted molar refractivity (Wildman–Crippen MR) is 162 cm³/mol. The summed E-state index contributed by atoms with van der Waals surface area (Å²) >= 11 is 0. The van der Waals surface area contributed by atoms with Crippen LogP contribution in [0.2, 0.25) is 0 Å². The predicted octanol–water partition coefficient (Wildman–Crippen LogP) is 4.94. The van der Waals surface area contributed by atoms with Crippen molar-refractivity contribution in [1.29, 1.82) is 0 Å². The molecule has 2 aromatic carbocycles. The molecule has 0 saturated carbocycles. The van der Waals surface area contributed by atoms with Crippen molar-refractivity contribution in [3.8, 4) is 0 Å². The molecule has 1 unspecified atom stereocenters. The highest BCUT2D eigenvalue weighted by Crippen LogP contribution is 2.34. The van der Waals surface area contributed by atoms with E-state index < -0.39 is 41.6 Å². The summed E-state index contributed by atoms with van der Waals surface area (Å²) in [6.45, 7) is 5.89. The first-order valence-electron chi connectivity index (χ1n) is 14.6. The smallest absolute Gasteiger partial charge is 0.407 e. The van der Waals surface area contributed by atoms with E-state index in [1.54, 1.807) is 0 Å². The number of allylic oxidation sites excluding steroid dienone is 1. The molecule has 6 bridgehead atoms. The molecule has 3 aliphatic heterocycles. The fourth-order valence-corrected chi connectivity index (χ4v) is 5.72. The zero-order valence-electron chi connectivity index (χ0n) is 24.3. The molecule has 0 radical (unpaired) electrons. The lowest BCUT2D eigenvalue weighted by atomic mass is 9.85. The van der Waals surface area contributed by atoms with E-state index in [2.05, 4.69) is 23.5 Å². The van der Waals surface area contributed by atoms with Crippen LogP contribution in [0.1, 0.15) is 63.1 Å². The summed E-state index contributed by atoms with van der Waals surface area (Å²) in [5.41, 5.74) is 3.72. The van der Waals surface area contributed by atoms with Gasteiger partial charge < -0.3 is 20.1 Å². The number of alkyl carbamates (subject to hydrolysis) is 1. The first-order valence-corrected chi connectivity index (χ1v) is 14.6. The second-order valence-corrected chi connectivity index (χ2v) is 12.2. The van der Waals surface area contributed by atoms with Crippen LogP contribution < -0.4 is 5.32 Å². The number of fused-ring (bicyclic) bond motifs is 7. The molecule has 220 valence electrons. The standard InChI is InChI=1S/C33H38N4O5/c1-33(2,3)28-30(38)37-20-24(19-25(37)31(39)40)29-34-26(22-14-8-6-9-15-22)27(35-29)23-16-11-13-21(18-23)12-7-4-5-10-17-42-32(41)36-28/h6-9,11-16,18,24-25,28-29H,4-5,10,17,19-20H2,1-3H3,(H,36,41)(H,39,40)/t24-,25+,28-,29?/m1/s1. The fourth-order valence-electron chi connectivity index (χ4n) is 5.72. The van der Waals surface area contributed by atoms with Gasteiger partial charge in [0.1, 0.15) is 18.2 Å². The quantitative estimate of drug-likeness (QED) is 0.530. The van der Waals surface area contributed by atoms with Gasteiger partial charge in [0.25, 0.3) is 0 Å². The van der Waals surface area contributed by atoms with Crippen LogP contribution >= 0.6 is 0 Å². The number of hydrogen-bond acceptors (Lipinski definition) is 6. The number of cyclic esters (lactones) is 1. The molecule has 3 aliphatic rings. The summed E-state index contributed by atoms with van der Waals surface area (Å²) in [5.74, 6) is -1.85. The second-order valence-electron chi connectivity index (χ2n) is 12.2. The second kappa shape index (κ2) is 12.3. The van der Waals surface area contributed by atoms with Gasteiger partial charge in [0.15, 0.2) is 0 Å². The van der Waals surface area contributed by atoms with Crippen LogP contribution in [0.5, 0.6) is 0 Å². The average molecular weight is 571 g/mol. The number of ether oxygens (including phenoxy) is 1. The Hall–Kier alpha value is -4.27. The highest BCUT2D eigenvalue weighted by Gasteiger charge is 2.47. The molecule has 0 aliphatic carbocycles. The number of amides is 2. The number of carboxylic acid groups (broad SMARTS) is 1. The van der Waals surface area contributed by atoms with Gasteiger partial charge in [-0.3, -0.25) is 14.8 Å². The maximum atomic E-state index is 13.9. The third-order valence-corrected chi connectivity index (χ3v) is 7.96. The molecule has 9 heteroatoms. The lowest BCUT2D eigenvalue weighted by Gasteiger charge is -2.34. The molecule has 5 rings (SSSR count). The largest absolute Gasteiger partial charge is 0.480 e. The van der Waals surface area contributed by atoms with Crippen molar-refractivity contribution in [3.05, 3.63) is 77.4 Å². The molecule has 0 spiro atoms. The van der Waals surface area contributed by atoms with Crippen LogP contribution in [-0.2, 0) is 14.3 Å². The van der Waals surface area contributed by atoms with E-state index in [-0.39, 0.29) is 25.5 Å². The highest BCUT2D eigenvalue weighted by atomic mass is 16.5. The van der Waals surface area contributed by atoms with E-state index >= 15 is 0 Å². The Kier molecular flexibility index (Phi) is 8.56. The minimum absolute atomic E-state index is 0.162. The van der Waals surface area contributed by atoms with Gasteiger partial charge in [0.05, 0.1) is 18.0 Å². The SMILES string of the molecule is CC(C)(C)[C@@H]1NC(=O)OCCCCC=Cc2cccc(c2)C2=NC(N=C2c2ccccc2)[C@@H]2C[C@@H](C(=O)O)N(C2)C1=O. The fraction of sp³-hybridized carbons (Fsp3) is 0.424. The minimum Gasteiger partial charge on any atom is -0.480 e. The molecule has 2 aromatic rings. The van der Waals surface area contributed by atoms with Gasteiger partial charge in [0, 0.05) is 23.6 Å². The van der Waals surface area contributed by atoms with Gasteiger partial charge in [-0.1, -0.05) is 81.5 Å². The Bertz CT molecular complexity index is 1430. The summed E-state index contributed by atoms with van der Waals surface area (Å²) in [7, 11) is 0. The summed E-state index contributed by atoms with van der Waals surface area (Å²) in [5, 5.41) is 12.9. The number of nitrogens with one attached hydrogen (secondary N) is 1. The van der Waals surface area contributed by atoms with Gasteiger partial charge in [-0.2, -0.15) is 0 Å². The molecule has 2 amide bonds. The van der Waals surface area contributed by atoms with Gasteiger partial charge in [-0.15, -0.1) is 0 Å². The average Bonchev–Trinajstić information content (AvgIpc) is 3.60. The van der Waals surface area contributed by atoms with E-state index in [0.717, 1.165) is 41.0 Å². The number of carbonyl (C=O) groups is 3. The molecule has 9 nitrogen and oxygen atoms in total. The number of carboxylic acids is 1. The minimum atomic E-state index is -1.09. The van der Waals surface area contributed by atoms with E-state index in [0.29, 0.717) is 6.42 Å². The molecule has 3 heterocycles. The molecular weight excluding hydrogens is 532 g/mol. The van der Waals surface area contributed by atoms with Crippen LogP contribution in [-0.4, -0.2) is 70.8 Å². The zero-order chi connectivity index (χ0) is 29.9. The van der Waals surface area contributed by atoms with Gasteiger partial charge in [-0.05, 0) is 42.7 Å². The maximum absolute atomic E-state index is 13.9. The van der Waals surface area contributed by atoms with E-state index in [1.807, 2.05) is 69.3 Å². The molecule has 42 heavy (non-hydrogen) atoms. The Morgan fingerprint density at radius 1 is 1.00 bits per heavy atom. The molecule has 2 N–H and O–H groups in total. The number of aliphatic imine (C=N–C) groups is 2. The van der Waals surface area contributed by atoms with Crippen LogP contribution in [0.25, 0.3) is 6.08 Å². The molecule has 4 atom stereocenters. The van der Waals surface area contributed by atoms with E-state index in [4.69, 9.17) is 14.7 Å². The topological polar surface area (TPSA) is 121 Å². The number of carbonyl (C=O) groups excluding carboxylic acids is 2. The van der Waals surface area contributed by atoms with E-state index in [1.165, 1.54) is 4.90 Å². The lowest BCUT2D eigenvalue weighted by Crippen LogP contribution is -2.56. The molecule has 1 fully saturated rings. The number of aliphatic carboxylic acids is 1. The van der Waals surface area contributed by atoms with Crippen molar-refractivity contribution in [3.63, 3.8) is 0 Å². The normalized spacial score (nSPS) is 25.3. The van der Waals surface area contributed by atoms with Crippen LogP contribution in [0.4, 0.5) is 4.79 Å². The van der Waals surface area contributed by atoms with Crippen LogP contribution in [0, 0.1) is 11.3 Å². The Balaban J connectivity index is 1.55. The highest BCUT2D eigenvalue weighted by molar-refractivity contribution is 6.54. The third kappa shape index (κ3) is 6.45. The Morgan fingerprint density at radius 3 is 2.43 bits per heavy atom. The van der Waals surface area contributed by atoms with Crippen LogP contribution in [0.15, 0.2) is 70.7 Å². The Morgan fingerprint density at radius 2 is 1.71 bits per heavy atom. The van der Waals surface area contributed by atoms with E-state index in [9.17, 15) is 19.5 Å². The first kappa shape index (κ1) is 29.2. The van der Waals surface area contributed by atoms with Crippen molar-refractivity contribution in [2.45, 2.75) is 64.7 Å². The lowest BCUT2D eigenvalue weighted by molar-refractivity contribution is -0.150. The number of rotatable bonds is 2. The van der Waals surface area contributed by atoms with Crippen molar-refractivity contribution >= 4 is 35.5 Å². The van der Waals surface area contributed by atoms with Crippen molar-refractivity contribution in [1.82, 2.24) is 10.2 Å². The van der Waals surface area contributed by atoms with Gasteiger partial charge in [0.2, 0.25) is 5.91 Å². The van der Waals surface area contributed by atoms with Gasteiger partial charge >= 0.3 is 12.1 Å². The van der Waals surface area contributed by atoms with Gasteiger partial charge in [-0.25, -0.2) is 9.59 Å². The molecule has 1 saturated heterocycles. The van der Waals surface area contributed by atoms with Crippen molar-refractivity contribution < 1.29 is 24.2 Å². The summed E-state index contributed by atoms with van der Waals surface area (Å²) in [6, 6.07) is 16.0. The number of benzene rings is 2. The number of hydrogen-bond donors (Lipinski definition) is 2. The summed E-state index contributed by atoms with van der Waals surface area (Å²) < 4.78 is 5.38. The first-order chi connectivity index (χ1) is 20.1.